The lowest BCUT2D eigenvalue weighted by atomic mass is 10.1. The van der Waals surface area contributed by atoms with Crippen molar-refractivity contribution in [3.05, 3.63) is 48.6 Å². The number of aliphatic carboxylic acids is 1. The molecule has 0 heterocycles. The van der Waals surface area contributed by atoms with Gasteiger partial charge in [-0.2, -0.15) is 0 Å². The standard InChI is InChI=1S/C20H30O3/c1-19(21)17-15-13-11-9-7-5-3-2-4-6-8-10-12-14-16-18-20(22)23/h4,6,8,10,12,14,16,18H,2-3,5,7,9,11,13,15,17H2,1H3,(H,22,23). The van der Waals surface area contributed by atoms with Crippen LogP contribution < -0.4 is 0 Å². The average molecular weight is 318 g/mol. The molecular formula is C20H30O3. The van der Waals surface area contributed by atoms with Crippen LogP contribution in [0.5, 0.6) is 0 Å². The molecule has 0 rings (SSSR count). The number of hydrogen-bond donors (Lipinski definition) is 1. The maximum atomic E-state index is 10.8. The topological polar surface area (TPSA) is 54.4 Å². The molecule has 128 valence electrons. The maximum Gasteiger partial charge on any atom is 0.328 e. The number of ketones is 1. The SMILES string of the molecule is CC(=O)CCCCCCCCCC=CC=CC=CC=CC(=O)O. The highest BCUT2D eigenvalue weighted by molar-refractivity contribution is 5.80. The van der Waals surface area contributed by atoms with Crippen LogP contribution in [0, 0.1) is 0 Å². The van der Waals surface area contributed by atoms with Gasteiger partial charge in [0.25, 0.3) is 0 Å². The fourth-order valence-corrected chi connectivity index (χ4v) is 2.09. The Morgan fingerprint density at radius 3 is 1.87 bits per heavy atom. The van der Waals surface area contributed by atoms with Crippen molar-refractivity contribution in [3.63, 3.8) is 0 Å². The van der Waals surface area contributed by atoms with E-state index in [1.54, 1.807) is 19.1 Å². The average Bonchev–Trinajstić information content (AvgIpc) is 2.49. The molecule has 0 aromatic carbocycles. The zero-order valence-electron chi connectivity index (χ0n) is 14.2. The zero-order valence-corrected chi connectivity index (χ0v) is 14.2. The summed E-state index contributed by atoms with van der Waals surface area (Å²) in [6.45, 7) is 1.66. The van der Waals surface area contributed by atoms with Crippen LogP contribution >= 0.6 is 0 Å². The molecule has 0 fully saturated rings. The third kappa shape index (κ3) is 20.1. The monoisotopic (exact) mass is 318 g/mol. The third-order valence-electron chi connectivity index (χ3n) is 3.33. The Morgan fingerprint density at radius 1 is 0.739 bits per heavy atom. The summed E-state index contributed by atoms with van der Waals surface area (Å²) in [4.78, 5) is 21.0. The van der Waals surface area contributed by atoms with E-state index in [2.05, 4.69) is 6.08 Å². The second-order valence-electron chi connectivity index (χ2n) is 5.61. The second-order valence-corrected chi connectivity index (χ2v) is 5.61. The van der Waals surface area contributed by atoms with Gasteiger partial charge in [0.1, 0.15) is 5.78 Å². The molecule has 23 heavy (non-hydrogen) atoms. The van der Waals surface area contributed by atoms with Gasteiger partial charge in [0.2, 0.25) is 0 Å². The van der Waals surface area contributed by atoms with Crippen molar-refractivity contribution in [1.82, 2.24) is 0 Å². The minimum atomic E-state index is -0.936. The highest BCUT2D eigenvalue weighted by Gasteiger charge is 1.94. The molecular weight excluding hydrogens is 288 g/mol. The Morgan fingerprint density at radius 2 is 1.26 bits per heavy atom. The van der Waals surface area contributed by atoms with Crippen LogP contribution in [-0.4, -0.2) is 16.9 Å². The summed E-state index contributed by atoms with van der Waals surface area (Å²) in [5.41, 5.74) is 0. The van der Waals surface area contributed by atoms with Crippen LogP contribution in [0.1, 0.15) is 64.7 Å². The van der Waals surface area contributed by atoms with Gasteiger partial charge in [-0.1, -0.05) is 74.6 Å². The number of unbranched alkanes of at least 4 members (excludes halogenated alkanes) is 7. The number of rotatable bonds is 14. The molecule has 0 aliphatic heterocycles. The predicted octanol–water partition coefficient (Wildman–Crippen LogP) is 5.40. The van der Waals surface area contributed by atoms with Crippen LogP contribution in [0.25, 0.3) is 0 Å². The molecule has 3 heteroatoms. The molecule has 0 amide bonds. The van der Waals surface area contributed by atoms with Gasteiger partial charge in [0.05, 0.1) is 0 Å². The lowest BCUT2D eigenvalue weighted by Gasteiger charge is -2.00. The smallest absolute Gasteiger partial charge is 0.328 e. The molecule has 0 bridgehead atoms. The Bertz CT molecular complexity index is 428. The van der Waals surface area contributed by atoms with E-state index in [-0.39, 0.29) is 0 Å². The number of carboxylic acids is 1. The third-order valence-corrected chi connectivity index (χ3v) is 3.33. The van der Waals surface area contributed by atoms with Gasteiger partial charge in [-0.05, 0) is 26.2 Å². The van der Waals surface area contributed by atoms with Crippen LogP contribution in [-0.2, 0) is 9.59 Å². The summed E-state index contributed by atoms with van der Waals surface area (Å²) >= 11 is 0. The van der Waals surface area contributed by atoms with Crippen LogP contribution in [0.15, 0.2) is 48.6 Å². The van der Waals surface area contributed by atoms with Crippen molar-refractivity contribution in [3.8, 4) is 0 Å². The fraction of sp³-hybridized carbons (Fsp3) is 0.500. The quantitative estimate of drug-likeness (QED) is 0.265. The highest BCUT2D eigenvalue weighted by atomic mass is 16.4. The summed E-state index contributed by atoms with van der Waals surface area (Å²) in [5.74, 6) is -0.632. The molecule has 3 nitrogen and oxygen atoms in total. The molecule has 0 atom stereocenters. The van der Waals surface area contributed by atoms with Crippen LogP contribution in [0.2, 0.25) is 0 Å². The number of hydrogen-bond acceptors (Lipinski definition) is 2. The van der Waals surface area contributed by atoms with Crippen LogP contribution in [0.3, 0.4) is 0 Å². The van der Waals surface area contributed by atoms with Gasteiger partial charge in [0, 0.05) is 12.5 Å². The van der Waals surface area contributed by atoms with Crippen molar-refractivity contribution < 1.29 is 14.7 Å². The summed E-state index contributed by atoms with van der Waals surface area (Å²) in [7, 11) is 0. The molecule has 0 spiro atoms. The summed E-state index contributed by atoms with van der Waals surface area (Å²) < 4.78 is 0. The van der Waals surface area contributed by atoms with Crippen LogP contribution in [0.4, 0.5) is 0 Å². The predicted molar refractivity (Wildman–Crippen MR) is 96.4 cm³/mol. The van der Waals surface area contributed by atoms with E-state index < -0.39 is 5.97 Å². The summed E-state index contributed by atoms with van der Waals surface area (Å²) in [6.07, 6.45) is 24.4. The molecule has 0 aliphatic rings. The molecule has 1 N–H and O–H groups in total. The Balaban J connectivity index is 3.37. The van der Waals surface area contributed by atoms with E-state index in [1.165, 1.54) is 44.6 Å². The summed E-state index contributed by atoms with van der Waals surface area (Å²) in [5, 5.41) is 8.39. The van der Waals surface area contributed by atoms with Crippen molar-refractivity contribution in [1.29, 1.82) is 0 Å². The van der Waals surface area contributed by atoms with Gasteiger partial charge in [-0.25, -0.2) is 4.79 Å². The molecule has 0 aromatic rings. The van der Waals surface area contributed by atoms with Gasteiger partial charge >= 0.3 is 5.97 Å². The molecule has 0 aliphatic carbocycles. The van der Waals surface area contributed by atoms with E-state index >= 15 is 0 Å². The lowest BCUT2D eigenvalue weighted by Crippen LogP contribution is -1.89. The van der Waals surface area contributed by atoms with Crippen molar-refractivity contribution in [2.75, 3.05) is 0 Å². The number of carbonyl (C=O) groups excluding carboxylic acids is 1. The van der Waals surface area contributed by atoms with E-state index in [1.807, 2.05) is 18.2 Å². The molecule has 0 unspecified atom stereocenters. The number of allylic oxidation sites excluding steroid dienone is 7. The van der Waals surface area contributed by atoms with Gasteiger partial charge in [0.15, 0.2) is 0 Å². The first-order valence-electron chi connectivity index (χ1n) is 8.52. The Labute approximate surface area is 140 Å². The first-order valence-corrected chi connectivity index (χ1v) is 8.52. The van der Waals surface area contributed by atoms with Crippen molar-refractivity contribution in [2.45, 2.75) is 64.7 Å². The number of carboxylic acid groups (broad SMARTS) is 1. The van der Waals surface area contributed by atoms with Gasteiger partial charge in [-0.3, -0.25) is 0 Å². The van der Waals surface area contributed by atoms with E-state index in [9.17, 15) is 9.59 Å². The summed E-state index contributed by atoms with van der Waals surface area (Å²) in [6, 6.07) is 0. The molecule has 0 saturated carbocycles. The van der Waals surface area contributed by atoms with E-state index in [4.69, 9.17) is 5.11 Å². The van der Waals surface area contributed by atoms with E-state index in [0.717, 1.165) is 25.3 Å². The Kier molecular flexibility index (Phi) is 15.1. The molecule has 0 saturated heterocycles. The lowest BCUT2D eigenvalue weighted by molar-refractivity contribution is -0.131. The largest absolute Gasteiger partial charge is 0.478 e. The second kappa shape index (κ2) is 16.5. The maximum absolute atomic E-state index is 10.8. The van der Waals surface area contributed by atoms with Crippen molar-refractivity contribution >= 4 is 11.8 Å². The van der Waals surface area contributed by atoms with E-state index in [0.29, 0.717) is 5.78 Å². The highest BCUT2D eigenvalue weighted by Crippen LogP contribution is 2.10. The van der Waals surface area contributed by atoms with Gasteiger partial charge in [-0.15, -0.1) is 0 Å². The first kappa shape index (κ1) is 21.1. The minimum Gasteiger partial charge on any atom is -0.478 e. The zero-order chi connectivity index (χ0) is 17.2. The fourth-order valence-electron chi connectivity index (χ4n) is 2.09. The first-order chi connectivity index (χ1) is 11.1. The van der Waals surface area contributed by atoms with Crippen molar-refractivity contribution in [2.24, 2.45) is 0 Å². The molecule has 0 aromatic heterocycles. The Hall–Kier alpha value is -1.90. The normalized spacial score (nSPS) is 12.2. The number of carbonyl (C=O) groups is 2. The minimum absolute atomic E-state index is 0.304. The van der Waals surface area contributed by atoms with Gasteiger partial charge < -0.3 is 9.90 Å². The molecule has 0 radical (unpaired) electrons. The number of Topliss-reactive ketones (excluding diaryl/α,β-unsaturated/α-hetero) is 1.